The number of aliphatic carboxylic acids is 1. The summed E-state index contributed by atoms with van der Waals surface area (Å²) in [4.78, 5) is 32.8. The van der Waals surface area contributed by atoms with Gasteiger partial charge in [0.1, 0.15) is 36.6 Å². The Morgan fingerprint density at radius 2 is 1.66 bits per heavy atom. The first-order chi connectivity index (χ1) is 18.2. The molecular weight excluding hydrogens is 492 g/mol. The van der Waals surface area contributed by atoms with Gasteiger partial charge >= 0.3 is 11.9 Å². The molecule has 0 radical (unpaired) electrons. The van der Waals surface area contributed by atoms with Gasteiger partial charge in [-0.25, -0.2) is 9.78 Å². The normalized spacial score (nSPS) is 16.5. The standard InChI is InChI=1S/C29H30O9/c1-19(26-18-35-29(2,3)38-37-26)20-10-12-21(13-11-20)36-25-9-5-6-22-23(25)7-4-8-24(22)33-16-17-34-28(32)15-14-27(30)31/h4-13,26H,1,14-18H2,2-3H3,(H,30,31). The van der Waals surface area contributed by atoms with Crippen molar-refractivity contribution in [1.29, 1.82) is 0 Å². The minimum atomic E-state index is -1.04. The highest BCUT2D eigenvalue weighted by molar-refractivity contribution is 5.93. The van der Waals surface area contributed by atoms with Crippen LogP contribution in [0.4, 0.5) is 0 Å². The van der Waals surface area contributed by atoms with Gasteiger partial charge in [0, 0.05) is 10.8 Å². The second kappa shape index (κ2) is 12.1. The fourth-order valence-corrected chi connectivity index (χ4v) is 3.77. The number of carbonyl (C=O) groups is 2. The van der Waals surface area contributed by atoms with Gasteiger partial charge in [0.15, 0.2) is 5.79 Å². The van der Waals surface area contributed by atoms with Crippen molar-refractivity contribution < 1.29 is 43.4 Å². The molecule has 0 aliphatic carbocycles. The third-order valence-corrected chi connectivity index (χ3v) is 5.78. The summed E-state index contributed by atoms with van der Waals surface area (Å²) in [7, 11) is 0. The fourth-order valence-electron chi connectivity index (χ4n) is 3.77. The summed E-state index contributed by atoms with van der Waals surface area (Å²) in [5.74, 6) is -0.492. The number of carbonyl (C=O) groups excluding carboxylic acids is 1. The van der Waals surface area contributed by atoms with Crippen molar-refractivity contribution in [3.8, 4) is 17.2 Å². The van der Waals surface area contributed by atoms with E-state index in [2.05, 4.69) is 6.58 Å². The highest BCUT2D eigenvalue weighted by Gasteiger charge is 2.31. The molecule has 0 aromatic heterocycles. The van der Waals surface area contributed by atoms with E-state index in [-0.39, 0.29) is 26.1 Å². The largest absolute Gasteiger partial charge is 0.489 e. The molecule has 1 heterocycles. The topological polar surface area (TPSA) is 110 Å². The SMILES string of the molecule is C=C(c1ccc(Oc2cccc3c(OCCOC(=O)CCC(=O)O)cccc23)cc1)C1COC(C)(C)OO1. The molecule has 9 nitrogen and oxygen atoms in total. The molecule has 0 bridgehead atoms. The second-order valence-electron chi connectivity index (χ2n) is 9.10. The van der Waals surface area contributed by atoms with Crippen molar-refractivity contribution >= 4 is 28.3 Å². The van der Waals surface area contributed by atoms with E-state index in [1.807, 2.05) is 60.7 Å². The van der Waals surface area contributed by atoms with E-state index < -0.39 is 23.8 Å². The first kappa shape index (κ1) is 27.1. The maximum absolute atomic E-state index is 11.6. The molecule has 1 unspecified atom stereocenters. The minimum absolute atomic E-state index is 0.0184. The van der Waals surface area contributed by atoms with Crippen LogP contribution in [0, 0.1) is 0 Å². The van der Waals surface area contributed by atoms with Gasteiger partial charge in [-0.3, -0.25) is 9.59 Å². The molecule has 3 aromatic carbocycles. The summed E-state index contributed by atoms with van der Waals surface area (Å²) >= 11 is 0. The van der Waals surface area contributed by atoms with Crippen LogP contribution in [0.25, 0.3) is 16.3 Å². The van der Waals surface area contributed by atoms with E-state index in [9.17, 15) is 9.59 Å². The molecule has 200 valence electrons. The average molecular weight is 523 g/mol. The molecule has 1 N–H and O–H groups in total. The molecular formula is C29H30O9. The Balaban J connectivity index is 1.37. The highest BCUT2D eigenvalue weighted by Crippen LogP contribution is 2.35. The van der Waals surface area contributed by atoms with Gasteiger partial charge in [0.2, 0.25) is 0 Å². The number of rotatable bonds is 11. The molecule has 1 fully saturated rings. The third kappa shape index (κ3) is 7.10. The van der Waals surface area contributed by atoms with Crippen LogP contribution in [-0.2, 0) is 28.8 Å². The van der Waals surface area contributed by atoms with E-state index in [1.165, 1.54) is 0 Å². The molecule has 3 aromatic rings. The number of fused-ring (bicyclic) bond motifs is 1. The van der Waals surface area contributed by atoms with Crippen molar-refractivity contribution in [2.45, 2.75) is 38.6 Å². The Bertz CT molecular complexity index is 1290. The predicted molar refractivity (Wildman–Crippen MR) is 139 cm³/mol. The quantitative estimate of drug-likeness (QED) is 0.198. The third-order valence-electron chi connectivity index (χ3n) is 5.78. The van der Waals surface area contributed by atoms with Gasteiger partial charge in [-0.2, -0.15) is 0 Å². The predicted octanol–water partition coefficient (Wildman–Crippen LogP) is 5.52. The van der Waals surface area contributed by atoms with Crippen molar-refractivity contribution in [3.05, 3.63) is 72.8 Å². The Kier molecular flexibility index (Phi) is 8.62. The number of carboxylic acid groups (broad SMARTS) is 1. The first-order valence-corrected chi connectivity index (χ1v) is 12.2. The Morgan fingerprint density at radius 1 is 0.974 bits per heavy atom. The molecule has 4 rings (SSSR count). The maximum Gasteiger partial charge on any atom is 0.306 e. The summed E-state index contributed by atoms with van der Waals surface area (Å²) in [6.45, 7) is 8.19. The zero-order valence-electron chi connectivity index (χ0n) is 21.3. The smallest absolute Gasteiger partial charge is 0.306 e. The highest BCUT2D eigenvalue weighted by atomic mass is 17.2. The van der Waals surface area contributed by atoms with Crippen LogP contribution in [0.2, 0.25) is 0 Å². The lowest BCUT2D eigenvalue weighted by Gasteiger charge is -2.34. The van der Waals surface area contributed by atoms with Crippen LogP contribution in [0.15, 0.2) is 67.2 Å². The van der Waals surface area contributed by atoms with Crippen molar-refractivity contribution in [3.63, 3.8) is 0 Å². The summed E-state index contributed by atoms with van der Waals surface area (Å²) in [5.41, 5.74) is 1.62. The van der Waals surface area contributed by atoms with Gasteiger partial charge in [0.25, 0.3) is 0 Å². The van der Waals surface area contributed by atoms with E-state index in [0.717, 1.165) is 21.9 Å². The Labute approximate surface area is 220 Å². The van der Waals surface area contributed by atoms with Gasteiger partial charge in [-0.1, -0.05) is 43.0 Å². The molecule has 0 saturated carbocycles. The molecule has 1 saturated heterocycles. The van der Waals surface area contributed by atoms with Gasteiger partial charge in [-0.05, 0) is 49.2 Å². The molecule has 0 amide bonds. The summed E-state index contributed by atoms with van der Waals surface area (Å²) in [6.07, 6.45) is -0.838. The minimum Gasteiger partial charge on any atom is -0.489 e. The Morgan fingerprint density at radius 3 is 2.32 bits per heavy atom. The number of esters is 1. The fraction of sp³-hybridized carbons (Fsp3) is 0.310. The van der Waals surface area contributed by atoms with Gasteiger partial charge in [0.05, 0.1) is 19.4 Å². The van der Waals surface area contributed by atoms with Gasteiger partial charge < -0.3 is 24.1 Å². The molecule has 1 atom stereocenters. The monoisotopic (exact) mass is 522 g/mol. The van der Waals surface area contributed by atoms with Crippen LogP contribution in [-0.4, -0.2) is 48.8 Å². The van der Waals surface area contributed by atoms with Crippen LogP contribution < -0.4 is 9.47 Å². The summed E-state index contributed by atoms with van der Waals surface area (Å²) < 4.78 is 22.7. The van der Waals surface area contributed by atoms with Crippen molar-refractivity contribution in [1.82, 2.24) is 0 Å². The number of carboxylic acids is 1. The summed E-state index contributed by atoms with van der Waals surface area (Å²) in [5, 5.41) is 10.3. The second-order valence-corrected chi connectivity index (χ2v) is 9.10. The number of hydrogen-bond donors (Lipinski definition) is 1. The van der Waals surface area contributed by atoms with Crippen LogP contribution >= 0.6 is 0 Å². The number of benzene rings is 3. The summed E-state index contributed by atoms with van der Waals surface area (Å²) in [6, 6.07) is 18.8. The zero-order valence-corrected chi connectivity index (χ0v) is 21.3. The van der Waals surface area contributed by atoms with Crippen molar-refractivity contribution in [2.75, 3.05) is 19.8 Å². The Hall–Kier alpha value is -3.92. The number of ether oxygens (including phenoxy) is 4. The zero-order chi connectivity index (χ0) is 27.1. The molecule has 1 aliphatic rings. The van der Waals surface area contributed by atoms with Crippen LogP contribution in [0.3, 0.4) is 0 Å². The molecule has 9 heteroatoms. The van der Waals surface area contributed by atoms with Gasteiger partial charge in [-0.15, -0.1) is 0 Å². The molecule has 1 aliphatic heterocycles. The van der Waals surface area contributed by atoms with E-state index in [4.69, 9.17) is 33.8 Å². The maximum atomic E-state index is 11.6. The lowest BCUT2D eigenvalue weighted by Crippen LogP contribution is -2.40. The lowest BCUT2D eigenvalue weighted by atomic mass is 10.0. The lowest BCUT2D eigenvalue weighted by molar-refractivity contribution is -0.467. The average Bonchev–Trinajstić information content (AvgIpc) is 2.90. The molecule has 0 spiro atoms. The van der Waals surface area contributed by atoms with Crippen LogP contribution in [0.1, 0.15) is 32.3 Å². The first-order valence-electron chi connectivity index (χ1n) is 12.2. The van der Waals surface area contributed by atoms with Crippen LogP contribution in [0.5, 0.6) is 17.2 Å². The van der Waals surface area contributed by atoms with Crippen molar-refractivity contribution in [2.24, 2.45) is 0 Å². The van der Waals surface area contributed by atoms with E-state index >= 15 is 0 Å². The molecule has 38 heavy (non-hydrogen) atoms. The van der Waals surface area contributed by atoms with E-state index in [1.54, 1.807) is 13.8 Å². The van der Waals surface area contributed by atoms with E-state index in [0.29, 0.717) is 23.9 Å². The number of hydrogen-bond acceptors (Lipinski definition) is 8.